The van der Waals surface area contributed by atoms with Crippen LogP contribution < -0.4 is 5.32 Å². The minimum atomic E-state index is -0.648. The van der Waals surface area contributed by atoms with E-state index in [2.05, 4.69) is 5.32 Å². The van der Waals surface area contributed by atoms with Gasteiger partial charge in [0.2, 0.25) is 0 Å². The highest BCUT2D eigenvalue weighted by Gasteiger charge is 2.11. The first-order chi connectivity index (χ1) is 9.08. The number of hydrogen-bond donors (Lipinski definition) is 2. The van der Waals surface area contributed by atoms with E-state index in [1.807, 2.05) is 29.9 Å². The molecule has 0 amide bonds. The summed E-state index contributed by atoms with van der Waals surface area (Å²) in [5.41, 5.74) is 1.85. The number of halogens is 2. The molecule has 0 bridgehead atoms. The summed E-state index contributed by atoms with van der Waals surface area (Å²) in [6.45, 7) is 1.14. The molecule has 1 unspecified atom stereocenters. The minimum absolute atomic E-state index is 0.437. The molecule has 0 fully saturated rings. The Morgan fingerprint density at radius 3 is 2.74 bits per heavy atom. The highest BCUT2D eigenvalue weighted by molar-refractivity contribution is 6.35. The fourth-order valence-electron chi connectivity index (χ4n) is 1.90. The van der Waals surface area contributed by atoms with Crippen LogP contribution in [-0.2, 0) is 13.6 Å². The molecular formula is C14H16Cl2N2O. The number of nitrogens with one attached hydrogen (secondary N) is 1. The van der Waals surface area contributed by atoms with E-state index in [1.54, 1.807) is 18.2 Å². The number of aliphatic hydroxyl groups excluding tert-OH is 1. The van der Waals surface area contributed by atoms with E-state index in [-0.39, 0.29) is 0 Å². The smallest absolute Gasteiger partial charge is 0.0928 e. The maximum atomic E-state index is 10.1. The van der Waals surface area contributed by atoms with E-state index in [4.69, 9.17) is 23.2 Å². The van der Waals surface area contributed by atoms with Crippen LogP contribution in [0.15, 0.2) is 36.5 Å². The molecule has 0 saturated carbocycles. The van der Waals surface area contributed by atoms with Gasteiger partial charge in [0.15, 0.2) is 0 Å². The third-order valence-electron chi connectivity index (χ3n) is 3.02. The fraction of sp³-hybridized carbons (Fsp3) is 0.286. The Bertz CT molecular complexity index is 554. The second-order valence-corrected chi connectivity index (χ2v) is 5.27. The summed E-state index contributed by atoms with van der Waals surface area (Å²) in [5, 5.41) is 14.4. The van der Waals surface area contributed by atoms with Gasteiger partial charge in [-0.1, -0.05) is 29.3 Å². The van der Waals surface area contributed by atoms with Crippen LogP contribution in [0.4, 0.5) is 0 Å². The van der Waals surface area contributed by atoms with Crippen molar-refractivity contribution in [1.82, 2.24) is 9.88 Å². The van der Waals surface area contributed by atoms with Gasteiger partial charge in [-0.25, -0.2) is 0 Å². The van der Waals surface area contributed by atoms with Crippen molar-refractivity contribution >= 4 is 23.2 Å². The van der Waals surface area contributed by atoms with E-state index >= 15 is 0 Å². The standard InChI is InChI=1S/C14H16Cl2N2O/c1-18-6-2-3-11(18)8-17-9-14(19)12-5-4-10(15)7-13(12)16/h2-7,14,17,19H,8-9H2,1H3. The molecule has 2 aromatic rings. The fourth-order valence-corrected chi connectivity index (χ4v) is 2.43. The number of aliphatic hydroxyl groups is 1. The van der Waals surface area contributed by atoms with Crippen LogP contribution in [0.5, 0.6) is 0 Å². The normalized spacial score (nSPS) is 12.6. The van der Waals surface area contributed by atoms with Gasteiger partial charge in [0, 0.05) is 47.6 Å². The molecule has 0 saturated heterocycles. The Balaban J connectivity index is 1.91. The molecule has 3 nitrogen and oxygen atoms in total. The number of rotatable bonds is 5. The van der Waals surface area contributed by atoms with Crippen LogP contribution in [0.3, 0.4) is 0 Å². The zero-order valence-electron chi connectivity index (χ0n) is 10.6. The van der Waals surface area contributed by atoms with Gasteiger partial charge in [0.25, 0.3) is 0 Å². The summed E-state index contributed by atoms with van der Waals surface area (Å²) in [5.74, 6) is 0. The van der Waals surface area contributed by atoms with Gasteiger partial charge >= 0.3 is 0 Å². The molecule has 2 rings (SSSR count). The average molecular weight is 299 g/mol. The molecule has 0 aliphatic carbocycles. The molecule has 102 valence electrons. The van der Waals surface area contributed by atoms with E-state index < -0.39 is 6.10 Å². The van der Waals surface area contributed by atoms with Crippen molar-refractivity contribution in [1.29, 1.82) is 0 Å². The van der Waals surface area contributed by atoms with Crippen molar-refractivity contribution in [2.45, 2.75) is 12.6 Å². The second-order valence-electron chi connectivity index (χ2n) is 4.42. The second kappa shape index (κ2) is 6.44. The molecule has 5 heteroatoms. The number of aromatic nitrogens is 1. The Morgan fingerprint density at radius 2 is 2.11 bits per heavy atom. The summed E-state index contributed by atoms with van der Waals surface area (Å²) in [7, 11) is 1.99. The SMILES string of the molecule is Cn1cccc1CNCC(O)c1ccc(Cl)cc1Cl. The predicted octanol–water partition coefficient (Wildman–Crippen LogP) is 3.16. The number of aryl methyl sites for hydroxylation is 1. The van der Waals surface area contributed by atoms with Gasteiger partial charge in [0.05, 0.1) is 6.10 Å². The summed E-state index contributed by atoms with van der Waals surface area (Å²) < 4.78 is 2.04. The lowest BCUT2D eigenvalue weighted by atomic mass is 10.1. The zero-order valence-corrected chi connectivity index (χ0v) is 12.1. The molecule has 0 radical (unpaired) electrons. The van der Waals surface area contributed by atoms with Crippen LogP contribution in [-0.4, -0.2) is 16.2 Å². The summed E-state index contributed by atoms with van der Waals surface area (Å²) in [6.07, 6.45) is 1.34. The van der Waals surface area contributed by atoms with E-state index in [1.165, 1.54) is 0 Å². The Kier molecular flexibility index (Phi) is 4.88. The third-order valence-corrected chi connectivity index (χ3v) is 3.58. The topological polar surface area (TPSA) is 37.2 Å². The summed E-state index contributed by atoms with van der Waals surface area (Å²) in [6, 6.07) is 9.14. The Hall–Kier alpha value is -1.000. The maximum Gasteiger partial charge on any atom is 0.0928 e. The van der Waals surface area contributed by atoms with Crippen LogP contribution in [0.1, 0.15) is 17.4 Å². The van der Waals surface area contributed by atoms with Crippen molar-refractivity contribution < 1.29 is 5.11 Å². The molecule has 0 aliphatic rings. The van der Waals surface area contributed by atoms with Crippen molar-refractivity contribution in [2.75, 3.05) is 6.54 Å². The van der Waals surface area contributed by atoms with E-state index in [0.29, 0.717) is 28.7 Å². The first-order valence-electron chi connectivity index (χ1n) is 6.02. The molecule has 0 spiro atoms. The molecule has 19 heavy (non-hydrogen) atoms. The van der Waals surface area contributed by atoms with Gasteiger partial charge < -0.3 is 15.0 Å². The quantitative estimate of drug-likeness (QED) is 0.890. The molecule has 0 aliphatic heterocycles. The van der Waals surface area contributed by atoms with Crippen LogP contribution in [0, 0.1) is 0 Å². The zero-order chi connectivity index (χ0) is 13.8. The van der Waals surface area contributed by atoms with Crippen molar-refractivity contribution in [3.63, 3.8) is 0 Å². The number of nitrogens with zero attached hydrogens (tertiary/aromatic N) is 1. The lowest BCUT2D eigenvalue weighted by molar-refractivity contribution is 0.174. The average Bonchev–Trinajstić information content (AvgIpc) is 2.75. The maximum absolute atomic E-state index is 10.1. The van der Waals surface area contributed by atoms with Gasteiger partial charge in [-0.05, 0) is 24.3 Å². The predicted molar refractivity (Wildman–Crippen MR) is 78.5 cm³/mol. The lowest BCUT2D eigenvalue weighted by Crippen LogP contribution is -2.22. The van der Waals surface area contributed by atoms with Crippen LogP contribution >= 0.6 is 23.2 Å². The van der Waals surface area contributed by atoms with Gasteiger partial charge in [0.1, 0.15) is 0 Å². The first-order valence-corrected chi connectivity index (χ1v) is 6.77. The van der Waals surface area contributed by atoms with Crippen molar-refractivity contribution in [3.05, 3.63) is 57.8 Å². The lowest BCUT2D eigenvalue weighted by Gasteiger charge is -2.14. The molecule has 1 atom stereocenters. The van der Waals surface area contributed by atoms with Crippen LogP contribution in [0.25, 0.3) is 0 Å². The van der Waals surface area contributed by atoms with E-state index in [0.717, 1.165) is 5.69 Å². The Labute approximate surface area is 122 Å². The third kappa shape index (κ3) is 3.74. The minimum Gasteiger partial charge on any atom is -0.387 e. The van der Waals surface area contributed by atoms with Crippen molar-refractivity contribution in [2.24, 2.45) is 7.05 Å². The number of benzene rings is 1. The summed E-state index contributed by atoms with van der Waals surface area (Å²) >= 11 is 11.9. The molecule has 1 aromatic carbocycles. The first kappa shape index (κ1) is 14.4. The molecule has 1 heterocycles. The van der Waals surface area contributed by atoms with Crippen LogP contribution in [0.2, 0.25) is 10.0 Å². The Morgan fingerprint density at radius 1 is 1.32 bits per heavy atom. The molecular weight excluding hydrogens is 283 g/mol. The highest BCUT2D eigenvalue weighted by Crippen LogP contribution is 2.25. The largest absolute Gasteiger partial charge is 0.387 e. The molecule has 1 aromatic heterocycles. The van der Waals surface area contributed by atoms with Gasteiger partial charge in [-0.15, -0.1) is 0 Å². The van der Waals surface area contributed by atoms with Crippen molar-refractivity contribution in [3.8, 4) is 0 Å². The van der Waals surface area contributed by atoms with E-state index in [9.17, 15) is 5.11 Å². The van der Waals surface area contributed by atoms with Gasteiger partial charge in [-0.3, -0.25) is 0 Å². The summed E-state index contributed by atoms with van der Waals surface area (Å²) in [4.78, 5) is 0. The van der Waals surface area contributed by atoms with Gasteiger partial charge in [-0.2, -0.15) is 0 Å². The number of hydrogen-bond acceptors (Lipinski definition) is 2. The molecule has 2 N–H and O–H groups in total. The highest BCUT2D eigenvalue weighted by atomic mass is 35.5. The monoisotopic (exact) mass is 298 g/mol.